The van der Waals surface area contributed by atoms with Crippen LogP contribution in [0.4, 0.5) is 13.2 Å². The molecule has 0 aromatic heterocycles. The van der Waals surface area contributed by atoms with Gasteiger partial charge in [0.05, 0.1) is 6.07 Å². The first kappa shape index (κ1) is 20.7. The predicted molar refractivity (Wildman–Crippen MR) is 97.2 cm³/mol. The first-order valence-electron chi connectivity index (χ1n) is 9.74. The fraction of sp³-hybridized carbons (Fsp3) is 0.619. The molecule has 0 saturated heterocycles. The Labute approximate surface area is 162 Å². The molecule has 1 aromatic carbocycles. The van der Waals surface area contributed by atoms with Gasteiger partial charge in [-0.2, -0.15) is 18.4 Å². The van der Waals surface area contributed by atoms with Crippen LogP contribution in [-0.2, 0) is 5.60 Å². The van der Waals surface area contributed by atoms with Crippen molar-refractivity contribution in [3.63, 3.8) is 0 Å². The minimum absolute atomic E-state index is 0.118. The van der Waals surface area contributed by atoms with Crippen molar-refractivity contribution in [1.82, 2.24) is 4.90 Å². The molecule has 0 radical (unpaired) electrons. The number of alkyl halides is 3. The summed E-state index contributed by atoms with van der Waals surface area (Å²) in [4.78, 5) is 15.0. The van der Waals surface area contributed by atoms with Crippen molar-refractivity contribution in [3.05, 3.63) is 35.4 Å². The summed E-state index contributed by atoms with van der Waals surface area (Å²) >= 11 is 0. The van der Waals surface area contributed by atoms with E-state index in [0.717, 1.165) is 38.5 Å². The molecule has 0 bridgehead atoms. The van der Waals surface area contributed by atoms with E-state index in [0.29, 0.717) is 24.8 Å². The van der Waals surface area contributed by atoms with Crippen LogP contribution in [0.3, 0.4) is 0 Å². The van der Waals surface area contributed by atoms with Crippen molar-refractivity contribution in [2.45, 2.75) is 75.7 Å². The summed E-state index contributed by atoms with van der Waals surface area (Å²) in [5, 5.41) is 18.6. The lowest BCUT2D eigenvalue weighted by atomic mass is 9.83. The van der Waals surface area contributed by atoms with Gasteiger partial charge in [-0.3, -0.25) is 4.79 Å². The standard InChI is InChI=1S/C21H25F3N2O2/c1-20(28,21(22,23)24)16-6-4-15(5-7-16)19(27)26(18-10-11-18)17-8-2-14(3-9-17)12-13-25/h4-7,14,17-18,28H,2-3,8-12H2,1H3/t14?,17?,20-/m0/s1. The van der Waals surface area contributed by atoms with Gasteiger partial charge in [0.2, 0.25) is 0 Å². The average molecular weight is 394 g/mol. The average Bonchev–Trinajstić information content (AvgIpc) is 3.47. The summed E-state index contributed by atoms with van der Waals surface area (Å²) in [5.41, 5.74) is -2.90. The quantitative estimate of drug-likeness (QED) is 0.798. The Hall–Kier alpha value is -2.07. The molecule has 4 nitrogen and oxygen atoms in total. The van der Waals surface area contributed by atoms with E-state index in [2.05, 4.69) is 6.07 Å². The molecule has 0 unspecified atom stereocenters. The van der Waals surface area contributed by atoms with Crippen LogP contribution >= 0.6 is 0 Å². The maximum atomic E-state index is 13.1. The fourth-order valence-corrected chi connectivity index (χ4v) is 3.99. The van der Waals surface area contributed by atoms with E-state index in [1.165, 1.54) is 24.3 Å². The number of rotatable bonds is 5. The largest absolute Gasteiger partial charge is 0.421 e. The smallest absolute Gasteiger partial charge is 0.376 e. The molecule has 0 heterocycles. The van der Waals surface area contributed by atoms with Crippen molar-refractivity contribution < 1.29 is 23.1 Å². The molecule has 3 rings (SSSR count). The van der Waals surface area contributed by atoms with E-state index in [9.17, 15) is 23.1 Å². The van der Waals surface area contributed by atoms with E-state index in [1.807, 2.05) is 4.90 Å². The summed E-state index contributed by atoms with van der Waals surface area (Å²) in [5.74, 6) is 0.228. The number of amides is 1. The summed E-state index contributed by atoms with van der Waals surface area (Å²) in [6.07, 6.45) is 1.20. The van der Waals surface area contributed by atoms with Crippen molar-refractivity contribution >= 4 is 5.91 Å². The molecule has 1 aromatic rings. The third-order valence-electron chi connectivity index (χ3n) is 6.01. The van der Waals surface area contributed by atoms with E-state index < -0.39 is 11.8 Å². The molecule has 2 fully saturated rings. The SMILES string of the molecule is C[C@](O)(c1ccc(C(=O)N(C2CCC(CC#N)CC2)C2CC2)cc1)C(F)(F)F. The van der Waals surface area contributed by atoms with Crippen LogP contribution in [0.1, 0.15) is 67.8 Å². The van der Waals surface area contributed by atoms with Gasteiger partial charge in [-0.15, -0.1) is 0 Å². The van der Waals surface area contributed by atoms with E-state index >= 15 is 0 Å². The number of hydrogen-bond donors (Lipinski definition) is 1. The van der Waals surface area contributed by atoms with Crippen molar-refractivity contribution in [1.29, 1.82) is 5.26 Å². The maximum absolute atomic E-state index is 13.1. The highest BCUT2D eigenvalue weighted by Gasteiger charge is 2.51. The molecule has 152 valence electrons. The van der Waals surface area contributed by atoms with E-state index in [1.54, 1.807) is 0 Å². The minimum Gasteiger partial charge on any atom is -0.376 e. The monoisotopic (exact) mass is 394 g/mol. The van der Waals surface area contributed by atoms with E-state index in [4.69, 9.17) is 5.26 Å². The first-order valence-corrected chi connectivity index (χ1v) is 9.74. The van der Waals surface area contributed by atoms with Crippen molar-refractivity contribution in [3.8, 4) is 6.07 Å². The second-order valence-corrected chi connectivity index (χ2v) is 8.13. The zero-order valence-corrected chi connectivity index (χ0v) is 15.9. The number of carbonyl (C=O) groups excluding carboxylic acids is 1. The molecule has 1 N–H and O–H groups in total. The van der Waals surface area contributed by atoms with Gasteiger partial charge in [0, 0.05) is 24.1 Å². The third kappa shape index (κ3) is 4.17. The Morgan fingerprint density at radius 1 is 1.11 bits per heavy atom. The van der Waals surface area contributed by atoms with Crippen molar-refractivity contribution in [2.75, 3.05) is 0 Å². The lowest BCUT2D eigenvalue weighted by Gasteiger charge is -2.37. The Morgan fingerprint density at radius 2 is 1.61 bits per heavy atom. The molecule has 2 saturated carbocycles. The molecule has 1 amide bonds. The summed E-state index contributed by atoms with van der Waals surface area (Å²) in [6, 6.07) is 7.62. The summed E-state index contributed by atoms with van der Waals surface area (Å²) in [6.45, 7) is 0.708. The van der Waals surface area contributed by atoms with Gasteiger partial charge in [0.15, 0.2) is 5.60 Å². The molecule has 7 heteroatoms. The highest BCUT2D eigenvalue weighted by atomic mass is 19.4. The van der Waals surface area contributed by atoms with Gasteiger partial charge in [-0.1, -0.05) is 12.1 Å². The molecule has 0 spiro atoms. The normalized spacial score (nSPS) is 24.9. The molecule has 0 aliphatic heterocycles. The minimum atomic E-state index is -4.79. The zero-order chi connectivity index (χ0) is 20.5. The van der Waals surface area contributed by atoms with Crippen LogP contribution < -0.4 is 0 Å². The number of nitrogens with zero attached hydrogens (tertiary/aromatic N) is 2. The predicted octanol–water partition coefficient (Wildman–Crippen LogP) is 4.53. The molecule has 1 atom stereocenters. The number of aliphatic hydroxyl groups is 1. The van der Waals surface area contributed by atoms with Gasteiger partial charge < -0.3 is 10.0 Å². The van der Waals surface area contributed by atoms with Crippen LogP contribution in [0, 0.1) is 17.2 Å². The number of carbonyl (C=O) groups is 1. The van der Waals surface area contributed by atoms with Crippen LogP contribution in [0.25, 0.3) is 0 Å². The fourth-order valence-electron chi connectivity index (χ4n) is 3.99. The van der Waals surface area contributed by atoms with Crippen LogP contribution in [-0.4, -0.2) is 34.2 Å². The Bertz CT molecular complexity index is 740. The summed E-state index contributed by atoms with van der Waals surface area (Å²) in [7, 11) is 0. The van der Waals surface area contributed by atoms with Crippen LogP contribution in [0.2, 0.25) is 0 Å². The molecule has 2 aliphatic rings. The van der Waals surface area contributed by atoms with Gasteiger partial charge in [0.25, 0.3) is 5.91 Å². The molecule has 2 aliphatic carbocycles. The second-order valence-electron chi connectivity index (χ2n) is 8.13. The Morgan fingerprint density at radius 3 is 2.04 bits per heavy atom. The lowest BCUT2D eigenvalue weighted by Crippen LogP contribution is -2.44. The topological polar surface area (TPSA) is 64.3 Å². The third-order valence-corrected chi connectivity index (χ3v) is 6.01. The van der Waals surface area contributed by atoms with Gasteiger partial charge >= 0.3 is 6.18 Å². The van der Waals surface area contributed by atoms with Gasteiger partial charge in [-0.05, 0) is 69.1 Å². The number of halogens is 3. The number of hydrogen-bond acceptors (Lipinski definition) is 3. The van der Waals surface area contributed by atoms with Crippen LogP contribution in [0.5, 0.6) is 0 Å². The molecule has 28 heavy (non-hydrogen) atoms. The molecular weight excluding hydrogens is 369 g/mol. The zero-order valence-electron chi connectivity index (χ0n) is 15.9. The Kier molecular flexibility index (Phi) is 5.72. The van der Waals surface area contributed by atoms with E-state index in [-0.39, 0.29) is 23.6 Å². The van der Waals surface area contributed by atoms with Crippen molar-refractivity contribution in [2.24, 2.45) is 5.92 Å². The maximum Gasteiger partial charge on any atom is 0.421 e. The molecular formula is C21H25F3N2O2. The highest BCUT2D eigenvalue weighted by Crippen LogP contribution is 2.39. The van der Waals surface area contributed by atoms with Gasteiger partial charge in [-0.25, -0.2) is 0 Å². The van der Waals surface area contributed by atoms with Gasteiger partial charge in [0.1, 0.15) is 0 Å². The summed E-state index contributed by atoms with van der Waals surface area (Å²) < 4.78 is 39.0. The van der Waals surface area contributed by atoms with Crippen LogP contribution in [0.15, 0.2) is 24.3 Å². The Balaban J connectivity index is 1.74. The lowest BCUT2D eigenvalue weighted by molar-refractivity contribution is -0.258. The first-order chi connectivity index (χ1) is 13.1. The number of benzene rings is 1. The second kappa shape index (κ2) is 7.75. The highest BCUT2D eigenvalue weighted by molar-refractivity contribution is 5.95. The number of nitriles is 1.